The number of rotatable bonds is 8. The van der Waals surface area contributed by atoms with Crippen LogP contribution in [-0.4, -0.2) is 6.36 Å². The molecule has 0 bridgehead atoms. The monoisotopic (exact) mass is 494 g/mol. The Morgan fingerprint density at radius 2 is 1.46 bits per heavy atom. The summed E-state index contributed by atoms with van der Waals surface area (Å²) in [7, 11) is 0. The van der Waals surface area contributed by atoms with Crippen LogP contribution in [0.25, 0.3) is 11.1 Å². The molecule has 35 heavy (non-hydrogen) atoms. The predicted molar refractivity (Wildman–Crippen MR) is 128 cm³/mol. The van der Waals surface area contributed by atoms with Crippen molar-refractivity contribution in [3.05, 3.63) is 53.6 Å². The van der Waals surface area contributed by atoms with Gasteiger partial charge in [0.05, 0.1) is 0 Å². The van der Waals surface area contributed by atoms with Gasteiger partial charge < -0.3 is 4.74 Å². The first-order chi connectivity index (χ1) is 16.7. The summed E-state index contributed by atoms with van der Waals surface area (Å²) in [5.74, 6) is -1.16. The normalized spacial score (nSPS) is 24.7. The van der Waals surface area contributed by atoms with E-state index in [2.05, 4.69) is 11.7 Å². The molecule has 2 aliphatic carbocycles. The summed E-state index contributed by atoms with van der Waals surface area (Å²) < 4.78 is 68.9. The van der Waals surface area contributed by atoms with Gasteiger partial charge in [-0.25, -0.2) is 8.78 Å². The molecule has 2 aliphatic rings. The first-order valence-corrected chi connectivity index (χ1v) is 13.1. The Balaban J connectivity index is 1.36. The fraction of sp³-hybridized carbons (Fsp3) is 0.586. The minimum Gasteiger partial charge on any atom is -0.399 e. The van der Waals surface area contributed by atoms with Crippen molar-refractivity contribution in [1.29, 1.82) is 0 Å². The average Bonchev–Trinajstić information content (AvgIpc) is 2.83. The SMILES string of the molecule is CCCCCCC1CCC2CC(c3ccc(-c4cc(F)c(OC(F)(F)F)c(F)c4)cc3)CCC2C1. The lowest BCUT2D eigenvalue weighted by Gasteiger charge is -2.42. The van der Waals surface area contributed by atoms with Gasteiger partial charge in [0, 0.05) is 0 Å². The predicted octanol–water partition coefficient (Wildman–Crippen LogP) is 9.80. The molecule has 192 valence electrons. The molecule has 0 aromatic heterocycles. The highest BCUT2D eigenvalue weighted by molar-refractivity contribution is 5.65. The van der Waals surface area contributed by atoms with E-state index < -0.39 is 23.7 Å². The topological polar surface area (TPSA) is 9.23 Å². The summed E-state index contributed by atoms with van der Waals surface area (Å²) in [4.78, 5) is 0. The first-order valence-electron chi connectivity index (χ1n) is 13.1. The number of fused-ring (bicyclic) bond motifs is 1. The maximum atomic E-state index is 14.1. The highest BCUT2D eigenvalue weighted by Gasteiger charge is 2.36. The van der Waals surface area contributed by atoms with Crippen LogP contribution in [0.2, 0.25) is 0 Å². The number of benzene rings is 2. The maximum Gasteiger partial charge on any atom is 0.573 e. The maximum absolute atomic E-state index is 14.1. The van der Waals surface area contributed by atoms with E-state index in [1.54, 1.807) is 12.1 Å². The van der Waals surface area contributed by atoms with E-state index in [1.165, 1.54) is 69.8 Å². The van der Waals surface area contributed by atoms with Crippen molar-refractivity contribution in [2.75, 3.05) is 0 Å². The molecule has 6 heteroatoms. The lowest BCUT2D eigenvalue weighted by atomic mass is 9.63. The van der Waals surface area contributed by atoms with Gasteiger partial charge in [0.1, 0.15) is 0 Å². The zero-order valence-corrected chi connectivity index (χ0v) is 20.3. The fourth-order valence-electron chi connectivity index (χ4n) is 6.30. The molecule has 4 unspecified atom stereocenters. The molecule has 2 aromatic carbocycles. The van der Waals surface area contributed by atoms with Gasteiger partial charge >= 0.3 is 6.36 Å². The number of unbranched alkanes of at least 4 members (excludes halogenated alkanes) is 3. The quantitative estimate of drug-likeness (QED) is 0.262. The molecule has 0 aliphatic heterocycles. The van der Waals surface area contributed by atoms with Crippen molar-refractivity contribution < 1.29 is 26.7 Å². The lowest BCUT2D eigenvalue weighted by Crippen LogP contribution is -2.30. The van der Waals surface area contributed by atoms with Gasteiger partial charge in [-0.15, -0.1) is 13.2 Å². The molecule has 2 aromatic rings. The van der Waals surface area contributed by atoms with E-state index in [4.69, 9.17) is 0 Å². The van der Waals surface area contributed by atoms with Crippen LogP contribution in [0, 0.1) is 29.4 Å². The molecule has 0 N–H and O–H groups in total. The van der Waals surface area contributed by atoms with Crippen LogP contribution in [-0.2, 0) is 0 Å². The molecule has 2 fully saturated rings. The number of hydrogen-bond donors (Lipinski definition) is 0. The van der Waals surface area contributed by atoms with Crippen molar-refractivity contribution in [3.63, 3.8) is 0 Å². The van der Waals surface area contributed by atoms with Crippen molar-refractivity contribution in [2.24, 2.45) is 17.8 Å². The summed E-state index contributed by atoms with van der Waals surface area (Å²) in [5.41, 5.74) is 1.97. The molecule has 0 heterocycles. The Morgan fingerprint density at radius 3 is 2.11 bits per heavy atom. The zero-order chi connectivity index (χ0) is 25.0. The number of alkyl halides is 3. The van der Waals surface area contributed by atoms with E-state index >= 15 is 0 Å². The molecular formula is C29H35F5O. The minimum absolute atomic E-state index is 0.182. The van der Waals surface area contributed by atoms with E-state index in [-0.39, 0.29) is 5.56 Å². The van der Waals surface area contributed by atoms with Crippen LogP contribution in [0.15, 0.2) is 36.4 Å². The molecule has 4 atom stereocenters. The summed E-state index contributed by atoms with van der Waals surface area (Å²) in [6.07, 6.45) is 9.28. The Labute approximate surface area is 205 Å². The van der Waals surface area contributed by atoms with E-state index in [9.17, 15) is 22.0 Å². The molecule has 0 saturated heterocycles. The number of ether oxygens (including phenoxy) is 1. The molecule has 0 spiro atoms. The standard InChI is InChI=1S/C29H35F5O/c1-2-3-4-5-6-19-7-8-24-16-23(14-13-22(24)15-19)20-9-11-21(12-10-20)25-17-26(30)28(27(31)18-25)35-29(32,33)34/h9-12,17-19,22-24H,2-8,13-16H2,1H3. The minimum atomic E-state index is -5.16. The van der Waals surface area contributed by atoms with Gasteiger partial charge in [-0.1, -0.05) is 69.7 Å². The smallest absolute Gasteiger partial charge is 0.399 e. The molecule has 0 amide bonds. The Bertz CT molecular complexity index is 945. The van der Waals surface area contributed by atoms with Crippen LogP contribution < -0.4 is 4.74 Å². The second-order valence-corrected chi connectivity index (χ2v) is 10.5. The van der Waals surface area contributed by atoms with Gasteiger partial charge in [-0.05, 0) is 84.6 Å². The molecule has 0 radical (unpaired) electrons. The second-order valence-electron chi connectivity index (χ2n) is 10.5. The van der Waals surface area contributed by atoms with E-state index in [0.29, 0.717) is 11.5 Å². The third-order valence-corrected chi connectivity index (χ3v) is 8.12. The van der Waals surface area contributed by atoms with Crippen LogP contribution in [0.1, 0.15) is 89.0 Å². The average molecular weight is 495 g/mol. The van der Waals surface area contributed by atoms with Gasteiger partial charge in [0.25, 0.3) is 0 Å². The summed E-state index contributed by atoms with van der Waals surface area (Å²) in [6, 6.07) is 9.35. The number of hydrogen-bond acceptors (Lipinski definition) is 1. The molecule has 1 nitrogen and oxygen atoms in total. The summed E-state index contributed by atoms with van der Waals surface area (Å²) in [5, 5.41) is 0. The zero-order valence-electron chi connectivity index (χ0n) is 20.3. The molecule has 4 rings (SSSR count). The highest BCUT2D eigenvalue weighted by atomic mass is 19.4. The van der Waals surface area contributed by atoms with Crippen molar-refractivity contribution in [1.82, 2.24) is 0 Å². The van der Waals surface area contributed by atoms with Gasteiger partial charge in [-0.2, -0.15) is 0 Å². The van der Waals surface area contributed by atoms with Gasteiger partial charge in [-0.3, -0.25) is 0 Å². The first kappa shape index (κ1) is 26.0. The Hall–Kier alpha value is -2.11. The Morgan fingerprint density at radius 1 is 0.800 bits per heavy atom. The van der Waals surface area contributed by atoms with Crippen LogP contribution in [0.4, 0.5) is 22.0 Å². The van der Waals surface area contributed by atoms with Crippen LogP contribution >= 0.6 is 0 Å². The van der Waals surface area contributed by atoms with Crippen molar-refractivity contribution in [3.8, 4) is 16.9 Å². The van der Waals surface area contributed by atoms with E-state index in [1.807, 2.05) is 12.1 Å². The third-order valence-electron chi connectivity index (χ3n) is 8.12. The van der Waals surface area contributed by atoms with Gasteiger partial charge in [0.2, 0.25) is 5.75 Å². The Kier molecular flexibility index (Phi) is 8.38. The fourth-order valence-corrected chi connectivity index (χ4v) is 6.30. The number of halogens is 5. The summed E-state index contributed by atoms with van der Waals surface area (Å²) >= 11 is 0. The van der Waals surface area contributed by atoms with Crippen LogP contribution in [0.5, 0.6) is 5.75 Å². The summed E-state index contributed by atoms with van der Waals surface area (Å²) in [6.45, 7) is 2.26. The molecule has 2 saturated carbocycles. The van der Waals surface area contributed by atoms with Crippen molar-refractivity contribution >= 4 is 0 Å². The second kappa shape index (κ2) is 11.3. The van der Waals surface area contributed by atoms with Crippen LogP contribution in [0.3, 0.4) is 0 Å². The van der Waals surface area contributed by atoms with Gasteiger partial charge in [0.15, 0.2) is 11.6 Å². The largest absolute Gasteiger partial charge is 0.573 e. The van der Waals surface area contributed by atoms with Crippen molar-refractivity contribution in [2.45, 2.75) is 89.8 Å². The highest BCUT2D eigenvalue weighted by Crippen LogP contribution is 2.48. The molecular weight excluding hydrogens is 459 g/mol. The third kappa shape index (κ3) is 6.77. The van der Waals surface area contributed by atoms with E-state index in [0.717, 1.165) is 36.3 Å². The lowest BCUT2D eigenvalue weighted by molar-refractivity contribution is -0.276.